The second-order valence-corrected chi connectivity index (χ2v) is 8.62. The molecule has 0 saturated carbocycles. The third kappa shape index (κ3) is 3.97. The van der Waals surface area contributed by atoms with Crippen LogP contribution in [0.2, 0.25) is 0 Å². The second-order valence-electron chi connectivity index (χ2n) is 7.70. The molecule has 0 spiro atoms. The summed E-state index contributed by atoms with van der Waals surface area (Å²) in [7, 11) is 0. The first kappa shape index (κ1) is 16.3. The highest BCUT2D eigenvalue weighted by Gasteiger charge is 2.25. The first-order valence-corrected chi connectivity index (χ1v) is 8.20. The van der Waals surface area contributed by atoms with Crippen LogP contribution in [0.1, 0.15) is 58.5 Å². The summed E-state index contributed by atoms with van der Waals surface area (Å²) in [5.74, 6) is 0. The normalized spacial score (nSPS) is 12.7. The number of benzene rings is 1. The van der Waals surface area contributed by atoms with Crippen molar-refractivity contribution in [3.8, 4) is 0 Å². The van der Waals surface area contributed by atoms with E-state index in [1.54, 1.807) is 0 Å². The molecule has 0 bridgehead atoms. The summed E-state index contributed by atoms with van der Waals surface area (Å²) in [6, 6.07) is 10.7. The zero-order valence-corrected chi connectivity index (χ0v) is 15.5. The number of aromatic nitrogens is 2. The molecular formula is C18H25BrN2. The van der Waals surface area contributed by atoms with E-state index in [1.807, 2.05) is 0 Å². The molecule has 2 nitrogen and oxygen atoms in total. The van der Waals surface area contributed by atoms with Crippen LogP contribution in [0.5, 0.6) is 0 Å². The number of rotatable bonds is 2. The molecule has 1 aromatic carbocycles. The van der Waals surface area contributed by atoms with Gasteiger partial charge in [0.1, 0.15) is 0 Å². The molecule has 0 fully saturated rings. The average Bonchev–Trinajstić information content (AvgIpc) is 2.72. The molecule has 0 atom stereocenters. The van der Waals surface area contributed by atoms with E-state index in [0.29, 0.717) is 0 Å². The summed E-state index contributed by atoms with van der Waals surface area (Å²) in [6.07, 6.45) is 0. The van der Waals surface area contributed by atoms with E-state index >= 15 is 0 Å². The molecule has 0 aliphatic rings. The summed E-state index contributed by atoms with van der Waals surface area (Å²) in [6.45, 7) is 14.2. The van der Waals surface area contributed by atoms with Crippen molar-refractivity contribution in [2.24, 2.45) is 0 Å². The van der Waals surface area contributed by atoms with Crippen molar-refractivity contribution in [3.05, 3.63) is 51.8 Å². The fourth-order valence-corrected chi connectivity index (χ4v) is 2.76. The summed E-state index contributed by atoms with van der Waals surface area (Å²) in [5, 5.41) is 4.87. The van der Waals surface area contributed by atoms with Crippen LogP contribution < -0.4 is 0 Å². The molecule has 0 saturated heterocycles. The van der Waals surface area contributed by atoms with Crippen LogP contribution in [0.25, 0.3) is 0 Å². The molecule has 21 heavy (non-hydrogen) atoms. The zero-order chi connectivity index (χ0) is 15.8. The largest absolute Gasteiger partial charge is 0.264 e. The SMILES string of the molecule is CC(C)(C)c1cc(C(C)(C)C)n(Cc2cccc(Br)c2)n1. The second kappa shape index (κ2) is 5.60. The van der Waals surface area contributed by atoms with Crippen LogP contribution >= 0.6 is 15.9 Å². The Morgan fingerprint density at radius 2 is 1.67 bits per heavy atom. The Hall–Kier alpha value is -1.09. The Labute approximate surface area is 136 Å². The minimum absolute atomic E-state index is 0.0719. The van der Waals surface area contributed by atoms with Gasteiger partial charge in [-0.2, -0.15) is 5.10 Å². The summed E-state index contributed by atoms with van der Waals surface area (Å²) < 4.78 is 3.27. The van der Waals surface area contributed by atoms with Gasteiger partial charge in [-0.3, -0.25) is 4.68 Å². The molecule has 0 aliphatic carbocycles. The van der Waals surface area contributed by atoms with Gasteiger partial charge in [0.15, 0.2) is 0 Å². The van der Waals surface area contributed by atoms with Gasteiger partial charge in [0.2, 0.25) is 0 Å². The predicted octanol–water partition coefficient (Wildman–Crippen LogP) is 5.29. The molecule has 0 N–H and O–H groups in total. The molecule has 1 aromatic heterocycles. The molecule has 2 rings (SSSR count). The van der Waals surface area contributed by atoms with Gasteiger partial charge in [0, 0.05) is 21.0 Å². The summed E-state index contributed by atoms with van der Waals surface area (Å²) >= 11 is 3.54. The van der Waals surface area contributed by atoms with Gasteiger partial charge < -0.3 is 0 Å². The Morgan fingerprint density at radius 3 is 2.19 bits per heavy atom. The van der Waals surface area contributed by atoms with E-state index in [1.165, 1.54) is 11.3 Å². The molecule has 0 unspecified atom stereocenters. The predicted molar refractivity (Wildman–Crippen MR) is 92.9 cm³/mol. The highest BCUT2D eigenvalue weighted by Crippen LogP contribution is 2.29. The number of nitrogens with zero attached hydrogens (tertiary/aromatic N) is 2. The van der Waals surface area contributed by atoms with E-state index in [2.05, 4.69) is 92.5 Å². The smallest absolute Gasteiger partial charge is 0.0681 e. The molecular weight excluding hydrogens is 324 g/mol. The monoisotopic (exact) mass is 348 g/mol. The quantitative estimate of drug-likeness (QED) is 0.720. The first-order valence-electron chi connectivity index (χ1n) is 7.40. The summed E-state index contributed by atoms with van der Waals surface area (Å²) in [5.41, 5.74) is 3.86. The molecule has 0 aliphatic heterocycles. The van der Waals surface area contributed by atoms with E-state index in [0.717, 1.165) is 16.7 Å². The fraction of sp³-hybridized carbons (Fsp3) is 0.500. The van der Waals surface area contributed by atoms with Crippen molar-refractivity contribution in [3.63, 3.8) is 0 Å². The van der Waals surface area contributed by atoms with Gasteiger partial charge in [-0.25, -0.2) is 0 Å². The van der Waals surface area contributed by atoms with Gasteiger partial charge in [0.25, 0.3) is 0 Å². The molecule has 0 amide bonds. The van der Waals surface area contributed by atoms with E-state index in [9.17, 15) is 0 Å². The average molecular weight is 349 g/mol. The fourth-order valence-electron chi connectivity index (χ4n) is 2.32. The van der Waals surface area contributed by atoms with Crippen molar-refractivity contribution in [1.29, 1.82) is 0 Å². The van der Waals surface area contributed by atoms with Gasteiger partial charge in [-0.05, 0) is 23.8 Å². The summed E-state index contributed by atoms with van der Waals surface area (Å²) in [4.78, 5) is 0. The standard InChI is InChI=1S/C18H25BrN2/c1-17(2,3)15-11-16(18(4,5)6)21(20-15)12-13-8-7-9-14(19)10-13/h7-11H,12H2,1-6H3. The van der Waals surface area contributed by atoms with Crippen LogP contribution in [-0.2, 0) is 17.4 Å². The van der Waals surface area contributed by atoms with Crippen LogP contribution in [-0.4, -0.2) is 9.78 Å². The third-order valence-corrected chi connectivity index (χ3v) is 4.03. The van der Waals surface area contributed by atoms with Crippen molar-refractivity contribution in [2.45, 2.75) is 58.9 Å². The highest BCUT2D eigenvalue weighted by molar-refractivity contribution is 9.10. The number of halogens is 1. The maximum atomic E-state index is 4.87. The van der Waals surface area contributed by atoms with E-state index < -0.39 is 0 Å². The maximum absolute atomic E-state index is 4.87. The van der Waals surface area contributed by atoms with E-state index in [-0.39, 0.29) is 10.8 Å². The van der Waals surface area contributed by atoms with Crippen LogP contribution in [0, 0.1) is 0 Å². The van der Waals surface area contributed by atoms with Crippen molar-refractivity contribution in [2.75, 3.05) is 0 Å². The highest BCUT2D eigenvalue weighted by atomic mass is 79.9. The minimum Gasteiger partial charge on any atom is -0.264 e. The number of hydrogen-bond acceptors (Lipinski definition) is 1. The van der Waals surface area contributed by atoms with Gasteiger partial charge >= 0.3 is 0 Å². The lowest BCUT2D eigenvalue weighted by atomic mass is 9.88. The molecule has 2 aromatic rings. The molecule has 114 valence electrons. The number of hydrogen-bond donors (Lipinski definition) is 0. The Kier molecular flexibility index (Phi) is 4.34. The minimum atomic E-state index is 0.0719. The maximum Gasteiger partial charge on any atom is 0.0681 e. The van der Waals surface area contributed by atoms with Gasteiger partial charge in [0.05, 0.1) is 12.2 Å². The van der Waals surface area contributed by atoms with E-state index in [4.69, 9.17) is 5.10 Å². The van der Waals surface area contributed by atoms with Crippen LogP contribution in [0.15, 0.2) is 34.8 Å². The Bertz CT molecular complexity index is 627. The van der Waals surface area contributed by atoms with Crippen LogP contribution in [0.4, 0.5) is 0 Å². The lowest BCUT2D eigenvalue weighted by molar-refractivity contribution is 0.496. The first-order chi connectivity index (χ1) is 9.57. The lowest BCUT2D eigenvalue weighted by Gasteiger charge is -2.20. The lowest BCUT2D eigenvalue weighted by Crippen LogP contribution is -2.19. The molecule has 0 radical (unpaired) electrons. The third-order valence-electron chi connectivity index (χ3n) is 3.54. The topological polar surface area (TPSA) is 17.8 Å². The molecule has 1 heterocycles. The van der Waals surface area contributed by atoms with Crippen molar-refractivity contribution < 1.29 is 0 Å². The Balaban J connectivity index is 2.44. The zero-order valence-electron chi connectivity index (χ0n) is 13.9. The van der Waals surface area contributed by atoms with Crippen molar-refractivity contribution >= 4 is 15.9 Å². The van der Waals surface area contributed by atoms with Gasteiger partial charge in [-0.15, -0.1) is 0 Å². The molecule has 3 heteroatoms. The van der Waals surface area contributed by atoms with Gasteiger partial charge in [-0.1, -0.05) is 69.6 Å². The van der Waals surface area contributed by atoms with Crippen LogP contribution in [0.3, 0.4) is 0 Å². The Morgan fingerprint density at radius 1 is 1.00 bits per heavy atom. The van der Waals surface area contributed by atoms with Crippen molar-refractivity contribution in [1.82, 2.24) is 9.78 Å².